The molecule has 0 radical (unpaired) electrons. The molecule has 3 aromatic carbocycles. The predicted molar refractivity (Wildman–Crippen MR) is 95.0 cm³/mol. The number of carbonyl (C=O) groups is 1. The first-order chi connectivity index (χ1) is 11.2. The third kappa shape index (κ3) is 3.16. The Bertz CT molecular complexity index is 874. The number of methoxy groups -OCH3 is 1. The molecular formula is C21H18O2. The maximum absolute atomic E-state index is 12.3. The molecule has 0 aliphatic carbocycles. The lowest BCUT2D eigenvalue weighted by Gasteiger charge is -2.08. The van der Waals surface area contributed by atoms with Crippen LogP contribution in [0.3, 0.4) is 0 Å². The lowest BCUT2D eigenvalue weighted by molar-refractivity contribution is 0.104. The number of benzene rings is 3. The molecule has 0 heterocycles. The van der Waals surface area contributed by atoms with Gasteiger partial charge in [-0.1, -0.05) is 60.2 Å². The van der Waals surface area contributed by atoms with Crippen molar-refractivity contribution in [1.82, 2.24) is 0 Å². The first kappa shape index (κ1) is 15.0. The summed E-state index contributed by atoms with van der Waals surface area (Å²) in [4.78, 5) is 12.3. The standard InChI is InChI=1S/C21H18O2/c1-15-7-9-17(10-8-15)20(22)13-12-19-18-6-4-3-5-16(18)11-14-21(19)23-2/h3-14H,1-2H3/b13-12+. The van der Waals surface area contributed by atoms with E-state index in [9.17, 15) is 4.79 Å². The van der Waals surface area contributed by atoms with Crippen molar-refractivity contribution in [3.8, 4) is 5.75 Å². The van der Waals surface area contributed by atoms with Gasteiger partial charge in [-0.2, -0.15) is 0 Å². The largest absolute Gasteiger partial charge is 0.496 e. The van der Waals surface area contributed by atoms with E-state index < -0.39 is 0 Å². The molecule has 0 aromatic heterocycles. The molecule has 0 amide bonds. The summed E-state index contributed by atoms with van der Waals surface area (Å²) >= 11 is 0. The van der Waals surface area contributed by atoms with Gasteiger partial charge < -0.3 is 4.74 Å². The van der Waals surface area contributed by atoms with Gasteiger partial charge >= 0.3 is 0 Å². The van der Waals surface area contributed by atoms with Crippen molar-refractivity contribution in [2.45, 2.75) is 6.92 Å². The van der Waals surface area contributed by atoms with Crippen molar-refractivity contribution in [2.24, 2.45) is 0 Å². The van der Waals surface area contributed by atoms with Crippen LogP contribution < -0.4 is 4.74 Å². The number of ether oxygens (including phenoxy) is 1. The second-order valence-electron chi connectivity index (χ2n) is 5.47. The zero-order chi connectivity index (χ0) is 16.2. The van der Waals surface area contributed by atoms with E-state index in [-0.39, 0.29) is 5.78 Å². The molecule has 0 spiro atoms. The number of allylic oxidation sites excluding steroid dienone is 1. The number of aryl methyl sites for hydroxylation is 1. The normalized spacial score (nSPS) is 11.0. The highest BCUT2D eigenvalue weighted by Gasteiger charge is 2.07. The second kappa shape index (κ2) is 6.49. The Morgan fingerprint density at radius 2 is 1.70 bits per heavy atom. The Morgan fingerprint density at radius 3 is 2.43 bits per heavy atom. The lowest BCUT2D eigenvalue weighted by atomic mass is 10.0. The maximum atomic E-state index is 12.3. The van der Waals surface area contributed by atoms with Gasteiger partial charge in [-0.15, -0.1) is 0 Å². The molecule has 3 rings (SSSR count). The van der Waals surface area contributed by atoms with Crippen molar-refractivity contribution in [1.29, 1.82) is 0 Å². The molecule has 0 fully saturated rings. The smallest absolute Gasteiger partial charge is 0.185 e. The third-order valence-electron chi connectivity index (χ3n) is 3.89. The van der Waals surface area contributed by atoms with Gasteiger partial charge in [-0.25, -0.2) is 0 Å². The molecule has 23 heavy (non-hydrogen) atoms. The highest BCUT2D eigenvalue weighted by Crippen LogP contribution is 2.29. The van der Waals surface area contributed by atoms with Crippen LogP contribution in [0.2, 0.25) is 0 Å². The van der Waals surface area contributed by atoms with Gasteiger partial charge in [0.25, 0.3) is 0 Å². The van der Waals surface area contributed by atoms with Crippen LogP contribution in [0.4, 0.5) is 0 Å². The van der Waals surface area contributed by atoms with Crippen molar-refractivity contribution in [2.75, 3.05) is 7.11 Å². The predicted octanol–water partition coefficient (Wildman–Crippen LogP) is 5.05. The minimum Gasteiger partial charge on any atom is -0.496 e. The number of fused-ring (bicyclic) bond motifs is 1. The van der Waals surface area contributed by atoms with Gasteiger partial charge in [0.1, 0.15) is 5.75 Å². The second-order valence-corrected chi connectivity index (χ2v) is 5.47. The van der Waals surface area contributed by atoms with Gasteiger partial charge in [0, 0.05) is 11.1 Å². The molecule has 0 saturated carbocycles. The molecule has 0 unspecified atom stereocenters. The van der Waals surface area contributed by atoms with Gasteiger partial charge in [0.05, 0.1) is 7.11 Å². The van der Waals surface area contributed by atoms with Gasteiger partial charge in [-0.05, 0) is 35.9 Å². The quantitative estimate of drug-likeness (QED) is 0.498. The summed E-state index contributed by atoms with van der Waals surface area (Å²) in [6.07, 6.45) is 3.44. The Labute approximate surface area is 136 Å². The fourth-order valence-corrected chi connectivity index (χ4v) is 2.60. The first-order valence-corrected chi connectivity index (χ1v) is 7.54. The monoisotopic (exact) mass is 302 g/mol. The molecule has 0 aliphatic rings. The zero-order valence-corrected chi connectivity index (χ0v) is 13.2. The molecule has 0 saturated heterocycles. The van der Waals surface area contributed by atoms with E-state index in [2.05, 4.69) is 0 Å². The summed E-state index contributed by atoms with van der Waals surface area (Å²) < 4.78 is 5.44. The topological polar surface area (TPSA) is 26.3 Å². The number of hydrogen-bond acceptors (Lipinski definition) is 2. The van der Waals surface area contributed by atoms with E-state index in [0.717, 1.165) is 27.6 Å². The van der Waals surface area contributed by atoms with E-state index in [1.807, 2.05) is 73.7 Å². The lowest BCUT2D eigenvalue weighted by Crippen LogP contribution is -1.94. The van der Waals surface area contributed by atoms with Crippen molar-refractivity contribution < 1.29 is 9.53 Å². The molecule has 0 N–H and O–H groups in total. The van der Waals surface area contributed by atoms with Crippen LogP contribution in [0.5, 0.6) is 5.75 Å². The molecular weight excluding hydrogens is 284 g/mol. The third-order valence-corrected chi connectivity index (χ3v) is 3.89. The average molecular weight is 302 g/mol. The Balaban J connectivity index is 2.00. The fraction of sp³-hybridized carbons (Fsp3) is 0.0952. The zero-order valence-electron chi connectivity index (χ0n) is 13.2. The van der Waals surface area contributed by atoms with Crippen LogP contribution in [0, 0.1) is 6.92 Å². The molecule has 3 aromatic rings. The SMILES string of the molecule is COc1ccc2ccccc2c1/C=C/C(=O)c1ccc(C)cc1. The number of hydrogen-bond donors (Lipinski definition) is 0. The molecule has 0 aliphatic heterocycles. The minimum atomic E-state index is -0.0139. The summed E-state index contributed by atoms with van der Waals surface area (Å²) in [5.41, 5.74) is 2.75. The molecule has 0 atom stereocenters. The van der Waals surface area contributed by atoms with Gasteiger partial charge in [0.2, 0.25) is 0 Å². The average Bonchev–Trinajstić information content (AvgIpc) is 2.59. The Morgan fingerprint density at radius 1 is 0.957 bits per heavy atom. The summed E-state index contributed by atoms with van der Waals surface area (Å²) in [6, 6.07) is 19.6. The van der Waals surface area contributed by atoms with Crippen LogP contribution in [-0.4, -0.2) is 12.9 Å². The summed E-state index contributed by atoms with van der Waals surface area (Å²) in [5, 5.41) is 2.19. The van der Waals surface area contributed by atoms with E-state index in [1.54, 1.807) is 13.2 Å². The molecule has 2 nitrogen and oxygen atoms in total. The van der Waals surface area contributed by atoms with Crippen LogP contribution in [0.1, 0.15) is 21.5 Å². The van der Waals surface area contributed by atoms with E-state index in [0.29, 0.717) is 5.56 Å². The maximum Gasteiger partial charge on any atom is 0.185 e. The van der Waals surface area contributed by atoms with Crippen molar-refractivity contribution in [3.63, 3.8) is 0 Å². The fourth-order valence-electron chi connectivity index (χ4n) is 2.60. The van der Waals surface area contributed by atoms with Crippen LogP contribution in [0.15, 0.2) is 66.7 Å². The summed E-state index contributed by atoms with van der Waals surface area (Å²) in [6.45, 7) is 2.01. The summed E-state index contributed by atoms with van der Waals surface area (Å²) in [7, 11) is 1.64. The summed E-state index contributed by atoms with van der Waals surface area (Å²) in [5.74, 6) is 0.747. The van der Waals surface area contributed by atoms with Crippen molar-refractivity contribution >= 4 is 22.6 Å². The van der Waals surface area contributed by atoms with Gasteiger partial charge in [0.15, 0.2) is 5.78 Å². The van der Waals surface area contributed by atoms with Crippen LogP contribution >= 0.6 is 0 Å². The van der Waals surface area contributed by atoms with Crippen molar-refractivity contribution in [3.05, 3.63) is 83.4 Å². The van der Waals surface area contributed by atoms with Crippen LogP contribution in [-0.2, 0) is 0 Å². The molecule has 114 valence electrons. The Hall–Kier alpha value is -2.87. The van der Waals surface area contributed by atoms with Gasteiger partial charge in [-0.3, -0.25) is 4.79 Å². The number of rotatable bonds is 4. The highest BCUT2D eigenvalue weighted by atomic mass is 16.5. The molecule has 0 bridgehead atoms. The minimum absolute atomic E-state index is 0.0139. The van der Waals surface area contributed by atoms with E-state index in [1.165, 1.54) is 0 Å². The van der Waals surface area contributed by atoms with Crippen LogP contribution in [0.25, 0.3) is 16.8 Å². The first-order valence-electron chi connectivity index (χ1n) is 7.54. The Kier molecular flexibility index (Phi) is 4.24. The number of ketones is 1. The highest BCUT2D eigenvalue weighted by molar-refractivity contribution is 6.08. The van der Waals surface area contributed by atoms with E-state index >= 15 is 0 Å². The molecule has 2 heteroatoms. The van der Waals surface area contributed by atoms with E-state index in [4.69, 9.17) is 4.74 Å². The number of carbonyl (C=O) groups excluding carboxylic acids is 1.